The van der Waals surface area contributed by atoms with Gasteiger partial charge in [0.25, 0.3) is 0 Å². The van der Waals surface area contributed by atoms with E-state index in [0.29, 0.717) is 18.4 Å². The fourth-order valence-corrected chi connectivity index (χ4v) is 5.04. The zero-order chi connectivity index (χ0) is 21.3. The predicted octanol–water partition coefficient (Wildman–Crippen LogP) is 3.10. The minimum absolute atomic E-state index is 0.0665. The monoisotopic (exact) mass is 405 g/mol. The van der Waals surface area contributed by atoms with Crippen LogP contribution in [0, 0.1) is 18.8 Å². The number of aryl methyl sites for hydroxylation is 1. The third kappa shape index (κ3) is 4.26. The van der Waals surface area contributed by atoms with Gasteiger partial charge in [0.15, 0.2) is 0 Å². The van der Waals surface area contributed by atoms with Crippen LogP contribution in [-0.4, -0.2) is 59.7 Å². The lowest BCUT2D eigenvalue weighted by molar-refractivity contribution is -0.132. The van der Waals surface area contributed by atoms with Crippen LogP contribution >= 0.6 is 0 Å². The summed E-state index contributed by atoms with van der Waals surface area (Å²) in [4.78, 5) is 31.3. The molecular weight excluding hydrogens is 374 g/mol. The van der Waals surface area contributed by atoms with Crippen LogP contribution in [-0.2, 0) is 16.1 Å². The molecule has 5 nitrogen and oxygen atoms in total. The average Bonchev–Trinajstić information content (AvgIpc) is 3.28. The summed E-state index contributed by atoms with van der Waals surface area (Å²) in [7, 11) is 2.00. The van der Waals surface area contributed by atoms with Gasteiger partial charge in [-0.3, -0.25) is 14.5 Å². The van der Waals surface area contributed by atoms with Crippen molar-refractivity contribution >= 4 is 11.8 Å². The predicted molar refractivity (Wildman–Crippen MR) is 118 cm³/mol. The van der Waals surface area contributed by atoms with Crippen LogP contribution in [0.5, 0.6) is 0 Å². The zero-order valence-corrected chi connectivity index (χ0v) is 18.1. The molecular formula is C25H31N3O2. The maximum absolute atomic E-state index is 13.0. The molecule has 2 saturated heterocycles. The Kier molecular flexibility index (Phi) is 5.91. The molecule has 5 heteroatoms. The SMILES string of the molecule is CC(=O)N1C[C@H]2CN(C(=O)CN(C)Cc3ccc(C)cc3)C[C@H]2[C@@H]1c1ccccc1. The van der Waals surface area contributed by atoms with Gasteiger partial charge >= 0.3 is 0 Å². The summed E-state index contributed by atoms with van der Waals surface area (Å²) in [6.45, 7) is 7.12. The summed E-state index contributed by atoms with van der Waals surface area (Å²) in [5, 5.41) is 0. The topological polar surface area (TPSA) is 43.9 Å². The van der Waals surface area contributed by atoms with Gasteiger partial charge in [0.05, 0.1) is 12.6 Å². The van der Waals surface area contributed by atoms with Gasteiger partial charge in [-0.05, 0) is 25.1 Å². The molecule has 0 bridgehead atoms. The molecule has 3 atom stereocenters. The Morgan fingerprint density at radius 2 is 1.70 bits per heavy atom. The minimum Gasteiger partial charge on any atom is -0.341 e. The third-order valence-electron chi connectivity index (χ3n) is 6.54. The Balaban J connectivity index is 1.40. The number of hydrogen-bond acceptors (Lipinski definition) is 3. The number of nitrogens with zero attached hydrogens (tertiary/aromatic N) is 3. The van der Waals surface area contributed by atoms with Gasteiger partial charge in [-0.15, -0.1) is 0 Å². The molecule has 0 aliphatic carbocycles. The molecule has 2 heterocycles. The van der Waals surface area contributed by atoms with E-state index in [1.165, 1.54) is 16.7 Å². The number of benzene rings is 2. The molecule has 2 aromatic carbocycles. The molecule has 2 aliphatic rings. The first-order chi connectivity index (χ1) is 14.4. The van der Waals surface area contributed by atoms with E-state index < -0.39 is 0 Å². The molecule has 0 N–H and O–H groups in total. The van der Waals surface area contributed by atoms with Crippen molar-refractivity contribution in [2.75, 3.05) is 33.2 Å². The van der Waals surface area contributed by atoms with Crippen molar-refractivity contribution in [3.8, 4) is 0 Å². The lowest BCUT2D eigenvalue weighted by Crippen LogP contribution is -2.40. The molecule has 30 heavy (non-hydrogen) atoms. The van der Waals surface area contributed by atoms with Crippen molar-refractivity contribution in [3.05, 3.63) is 71.3 Å². The van der Waals surface area contributed by atoms with E-state index in [1.807, 2.05) is 35.0 Å². The molecule has 0 aromatic heterocycles. The van der Waals surface area contributed by atoms with E-state index in [4.69, 9.17) is 0 Å². The van der Waals surface area contributed by atoms with Crippen molar-refractivity contribution in [2.45, 2.75) is 26.4 Å². The van der Waals surface area contributed by atoms with Crippen molar-refractivity contribution in [1.82, 2.24) is 14.7 Å². The molecule has 0 radical (unpaired) electrons. The normalized spacial score (nSPS) is 23.1. The van der Waals surface area contributed by atoms with E-state index in [2.05, 4.69) is 48.2 Å². The number of carbonyl (C=O) groups is 2. The average molecular weight is 406 g/mol. The number of likely N-dealkylation sites (tertiary alicyclic amines) is 2. The largest absolute Gasteiger partial charge is 0.341 e. The number of likely N-dealkylation sites (N-methyl/N-ethyl adjacent to an activating group) is 1. The lowest BCUT2D eigenvalue weighted by atomic mass is 9.89. The van der Waals surface area contributed by atoms with E-state index in [0.717, 1.165) is 26.2 Å². The van der Waals surface area contributed by atoms with Gasteiger partial charge in [0, 0.05) is 44.9 Å². The van der Waals surface area contributed by atoms with E-state index in [9.17, 15) is 9.59 Å². The molecule has 0 saturated carbocycles. The van der Waals surface area contributed by atoms with Gasteiger partial charge in [0.2, 0.25) is 11.8 Å². The second kappa shape index (κ2) is 8.60. The fraction of sp³-hybridized carbons (Fsp3) is 0.440. The van der Waals surface area contributed by atoms with E-state index in [1.54, 1.807) is 6.92 Å². The highest BCUT2D eigenvalue weighted by atomic mass is 16.2. The Hall–Kier alpha value is -2.66. The first-order valence-corrected chi connectivity index (χ1v) is 10.8. The maximum Gasteiger partial charge on any atom is 0.236 e. The second-order valence-electron chi connectivity index (χ2n) is 8.91. The van der Waals surface area contributed by atoms with Crippen LogP contribution in [0.4, 0.5) is 0 Å². The summed E-state index contributed by atoms with van der Waals surface area (Å²) in [6, 6.07) is 18.8. The quantitative estimate of drug-likeness (QED) is 0.768. The fourth-order valence-electron chi connectivity index (χ4n) is 5.04. The Morgan fingerprint density at radius 3 is 2.37 bits per heavy atom. The standard InChI is InChI=1S/C25H31N3O2/c1-18-9-11-20(12-10-18)13-26(3)17-24(30)27-14-22-15-28(19(2)29)25(23(22)16-27)21-7-5-4-6-8-21/h4-12,22-23,25H,13-17H2,1-3H3/t22-,23-,25+/m1/s1. The highest BCUT2D eigenvalue weighted by Crippen LogP contribution is 2.44. The summed E-state index contributed by atoms with van der Waals surface area (Å²) < 4.78 is 0. The summed E-state index contributed by atoms with van der Waals surface area (Å²) in [5.74, 6) is 0.960. The third-order valence-corrected chi connectivity index (χ3v) is 6.54. The van der Waals surface area contributed by atoms with Gasteiger partial charge in [-0.2, -0.15) is 0 Å². The van der Waals surface area contributed by atoms with Gasteiger partial charge in [-0.1, -0.05) is 60.2 Å². The molecule has 2 amide bonds. The summed E-state index contributed by atoms with van der Waals surface area (Å²) in [5.41, 5.74) is 3.63. The Bertz CT molecular complexity index is 896. The van der Waals surface area contributed by atoms with Crippen molar-refractivity contribution in [3.63, 3.8) is 0 Å². The summed E-state index contributed by atoms with van der Waals surface area (Å²) in [6.07, 6.45) is 0. The van der Waals surface area contributed by atoms with Crippen molar-refractivity contribution in [2.24, 2.45) is 11.8 Å². The van der Waals surface area contributed by atoms with Crippen LogP contribution in [0.1, 0.15) is 29.7 Å². The summed E-state index contributed by atoms with van der Waals surface area (Å²) >= 11 is 0. The second-order valence-corrected chi connectivity index (χ2v) is 8.91. The molecule has 4 rings (SSSR count). The highest BCUT2D eigenvalue weighted by molar-refractivity contribution is 5.79. The number of carbonyl (C=O) groups excluding carboxylic acids is 2. The minimum atomic E-state index is 0.0665. The molecule has 2 aromatic rings. The van der Waals surface area contributed by atoms with Crippen LogP contribution in [0.3, 0.4) is 0 Å². The Labute approximate surface area is 179 Å². The number of amides is 2. The van der Waals surface area contributed by atoms with Crippen molar-refractivity contribution in [1.29, 1.82) is 0 Å². The van der Waals surface area contributed by atoms with Gasteiger partial charge < -0.3 is 9.80 Å². The molecule has 0 unspecified atom stereocenters. The first-order valence-electron chi connectivity index (χ1n) is 10.8. The van der Waals surface area contributed by atoms with Gasteiger partial charge in [-0.25, -0.2) is 0 Å². The molecule has 0 spiro atoms. The zero-order valence-electron chi connectivity index (χ0n) is 18.1. The smallest absolute Gasteiger partial charge is 0.236 e. The lowest BCUT2D eigenvalue weighted by Gasteiger charge is -2.29. The number of hydrogen-bond donors (Lipinski definition) is 0. The van der Waals surface area contributed by atoms with Crippen LogP contribution in [0.2, 0.25) is 0 Å². The maximum atomic E-state index is 13.0. The number of fused-ring (bicyclic) bond motifs is 1. The van der Waals surface area contributed by atoms with E-state index in [-0.39, 0.29) is 17.9 Å². The van der Waals surface area contributed by atoms with Crippen LogP contribution in [0.25, 0.3) is 0 Å². The van der Waals surface area contributed by atoms with E-state index >= 15 is 0 Å². The van der Waals surface area contributed by atoms with Crippen molar-refractivity contribution < 1.29 is 9.59 Å². The molecule has 2 fully saturated rings. The highest BCUT2D eigenvalue weighted by Gasteiger charge is 2.49. The molecule has 2 aliphatic heterocycles. The molecule has 158 valence electrons. The van der Waals surface area contributed by atoms with Crippen LogP contribution < -0.4 is 0 Å². The van der Waals surface area contributed by atoms with Crippen LogP contribution in [0.15, 0.2) is 54.6 Å². The number of rotatable bonds is 5. The van der Waals surface area contributed by atoms with Gasteiger partial charge in [0.1, 0.15) is 0 Å². The first kappa shape index (κ1) is 20.6. The Morgan fingerprint density at radius 1 is 1.00 bits per heavy atom.